The minimum absolute atomic E-state index is 0.329. The van der Waals surface area contributed by atoms with Crippen molar-refractivity contribution in [3.8, 4) is 0 Å². The van der Waals surface area contributed by atoms with Crippen molar-refractivity contribution in [3.63, 3.8) is 0 Å². The number of carbonyl (C=O) groups is 1. The molecule has 1 aliphatic heterocycles. The van der Waals surface area contributed by atoms with E-state index in [0.717, 1.165) is 11.3 Å². The van der Waals surface area contributed by atoms with Gasteiger partial charge in [0.25, 0.3) is 0 Å². The van der Waals surface area contributed by atoms with Crippen molar-refractivity contribution in [2.75, 3.05) is 28.8 Å². The van der Waals surface area contributed by atoms with Crippen LogP contribution in [-0.4, -0.2) is 34.5 Å². The summed E-state index contributed by atoms with van der Waals surface area (Å²) in [6.45, 7) is 2.05. The van der Waals surface area contributed by atoms with E-state index in [4.69, 9.17) is 0 Å². The highest BCUT2D eigenvalue weighted by Gasteiger charge is 2.25. The summed E-state index contributed by atoms with van der Waals surface area (Å²) in [5.41, 5.74) is 2.10. The van der Waals surface area contributed by atoms with Crippen molar-refractivity contribution < 1.29 is 4.79 Å². The Hall–Kier alpha value is -0.410. The molecule has 0 amide bonds. The molecule has 1 aromatic rings. The average molecular weight is 253 g/mol. The van der Waals surface area contributed by atoms with Gasteiger partial charge in [-0.2, -0.15) is 11.8 Å². The second kappa shape index (κ2) is 5.78. The Bertz CT molecular complexity index is 353. The van der Waals surface area contributed by atoms with Gasteiger partial charge < -0.3 is 0 Å². The van der Waals surface area contributed by atoms with Crippen molar-refractivity contribution in [1.29, 1.82) is 0 Å². The molecule has 1 saturated heterocycles. The molecule has 86 valence electrons. The van der Waals surface area contributed by atoms with Gasteiger partial charge in [0, 0.05) is 17.1 Å². The molecular formula is C13H17OS2+. The topological polar surface area (TPSA) is 17.1 Å². The normalized spacial score (nSPS) is 17.3. The first kappa shape index (κ1) is 12.1. The van der Waals surface area contributed by atoms with E-state index in [1.165, 1.54) is 28.6 Å². The van der Waals surface area contributed by atoms with Gasteiger partial charge >= 0.3 is 0 Å². The van der Waals surface area contributed by atoms with Crippen LogP contribution < -0.4 is 0 Å². The maximum Gasteiger partial charge on any atom is 0.211 e. The second-order valence-corrected chi connectivity index (χ2v) is 7.62. The number of hydrogen-bond acceptors (Lipinski definition) is 2. The summed E-state index contributed by atoms with van der Waals surface area (Å²) in [4.78, 5) is 12.0. The van der Waals surface area contributed by atoms with Crippen LogP contribution in [0.4, 0.5) is 0 Å². The Kier molecular flexibility index (Phi) is 4.36. The zero-order valence-corrected chi connectivity index (χ0v) is 11.2. The third-order valence-corrected chi connectivity index (χ3v) is 6.48. The van der Waals surface area contributed by atoms with E-state index in [-0.39, 0.29) is 0 Å². The van der Waals surface area contributed by atoms with Crippen LogP contribution in [0.3, 0.4) is 0 Å². The highest BCUT2D eigenvalue weighted by Crippen LogP contribution is 2.15. The lowest BCUT2D eigenvalue weighted by atomic mass is 10.1. The molecule has 0 aromatic heterocycles. The number of Topliss-reactive ketones (excluding diaryl/α,β-unsaturated/α-hetero) is 1. The first-order valence-electron chi connectivity index (χ1n) is 5.57. The van der Waals surface area contributed by atoms with E-state index < -0.39 is 0 Å². The summed E-state index contributed by atoms with van der Waals surface area (Å²) in [5, 5.41) is 0. The maximum absolute atomic E-state index is 12.0. The number of ketones is 1. The molecule has 0 aliphatic carbocycles. The lowest BCUT2D eigenvalue weighted by Crippen LogP contribution is -2.28. The quantitative estimate of drug-likeness (QED) is 0.608. The van der Waals surface area contributed by atoms with Gasteiger partial charge in [0.05, 0.1) is 0 Å². The monoisotopic (exact) mass is 253 g/mol. The fourth-order valence-electron chi connectivity index (χ4n) is 1.71. The third-order valence-electron chi connectivity index (χ3n) is 2.74. The summed E-state index contributed by atoms with van der Waals surface area (Å²) in [5.74, 6) is 6.05. The Labute approximate surface area is 104 Å². The minimum atomic E-state index is 0.329. The van der Waals surface area contributed by atoms with Crippen LogP contribution in [0.5, 0.6) is 0 Å². The van der Waals surface area contributed by atoms with Crippen molar-refractivity contribution in [1.82, 2.24) is 0 Å². The molecule has 0 N–H and O–H groups in total. The van der Waals surface area contributed by atoms with E-state index in [2.05, 4.69) is 0 Å². The van der Waals surface area contributed by atoms with E-state index in [1.54, 1.807) is 0 Å². The summed E-state index contributed by atoms with van der Waals surface area (Å²) >= 11 is 2.02. The Morgan fingerprint density at radius 3 is 2.50 bits per heavy atom. The first-order chi connectivity index (χ1) is 7.75. The van der Waals surface area contributed by atoms with Gasteiger partial charge in [0.15, 0.2) is 5.75 Å². The molecule has 1 fully saturated rings. The highest BCUT2D eigenvalue weighted by molar-refractivity contribution is 8.05. The van der Waals surface area contributed by atoms with Gasteiger partial charge in [-0.05, 0) is 17.8 Å². The lowest BCUT2D eigenvalue weighted by molar-refractivity contribution is 0.102. The number of carbonyl (C=O) groups excluding carboxylic acids is 1. The predicted molar refractivity (Wildman–Crippen MR) is 74.8 cm³/mol. The van der Waals surface area contributed by atoms with E-state index in [9.17, 15) is 4.79 Å². The molecular weight excluding hydrogens is 236 g/mol. The predicted octanol–water partition coefficient (Wildman–Crippen LogP) is 2.54. The Morgan fingerprint density at radius 1 is 1.25 bits per heavy atom. The van der Waals surface area contributed by atoms with Gasteiger partial charge in [-0.3, -0.25) is 4.79 Å². The van der Waals surface area contributed by atoms with E-state index in [0.29, 0.717) is 16.7 Å². The van der Waals surface area contributed by atoms with Gasteiger partial charge in [-0.15, -0.1) is 0 Å². The van der Waals surface area contributed by atoms with Crippen molar-refractivity contribution in [2.45, 2.75) is 6.92 Å². The van der Waals surface area contributed by atoms with Crippen LogP contribution in [0.1, 0.15) is 15.9 Å². The van der Waals surface area contributed by atoms with Crippen LogP contribution in [0.2, 0.25) is 0 Å². The zero-order chi connectivity index (χ0) is 11.4. The van der Waals surface area contributed by atoms with Crippen LogP contribution in [0.25, 0.3) is 0 Å². The molecule has 0 saturated carbocycles. The van der Waals surface area contributed by atoms with Crippen molar-refractivity contribution >= 4 is 28.4 Å². The molecule has 0 radical (unpaired) electrons. The summed E-state index contributed by atoms with van der Waals surface area (Å²) in [7, 11) is 0.349. The number of aryl methyl sites for hydroxylation is 1. The molecule has 1 aliphatic rings. The molecule has 0 bridgehead atoms. The number of thioether (sulfide) groups is 1. The molecule has 0 atom stereocenters. The van der Waals surface area contributed by atoms with Gasteiger partial charge in [-0.1, -0.05) is 29.8 Å². The minimum Gasteiger partial charge on any atom is -0.289 e. The van der Waals surface area contributed by atoms with Crippen LogP contribution in [0.15, 0.2) is 24.3 Å². The maximum atomic E-state index is 12.0. The van der Waals surface area contributed by atoms with Gasteiger partial charge in [-0.25, -0.2) is 0 Å². The van der Waals surface area contributed by atoms with E-state index in [1.807, 2.05) is 43.0 Å². The first-order valence-corrected chi connectivity index (χ1v) is 8.46. The lowest BCUT2D eigenvalue weighted by Gasteiger charge is -2.12. The number of hydrogen-bond donors (Lipinski definition) is 0. The second-order valence-electron chi connectivity index (χ2n) is 4.07. The average Bonchev–Trinajstić information content (AvgIpc) is 2.31. The van der Waals surface area contributed by atoms with Gasteiger partial charge in [0.1, 0.15) is 11.5 Å². The fourth-order valence-corrected chi connectivity index (χ4v) is 5.77. The van der Waals surface area contributed by atoms with Gasteiger partial charge in [0.2, 0.25) is 5.78 Å². The van der Waals surface area contributed by atoms with Crippen molar-refractivity contribution in [2.24, 2.45) is 0 Å². The van der Waals surface area contributed by atoms with Crippen molar-refractivity contribution in [3.05, 3.63) is 35.4 Å². The molecule has 1 aromatic carbocycles. The fraction of sp³-hybridized carbons (Fsp3) is 0.462. The standard InChI is InChI=1S/C13H17OS2/c1-11-2-4-12(5-3-11)13(14)10-16-8-6-15-7-9-16/h2-5H,6-10H2,1H3/q+1. The molecule has 0 unspecified atom stereocenters. The molecule has 1 heterocycles. The molecule has 1 nitrogen and oxygen atoms in total. The van der Waals surface area contributed by atoms with E-state index >= 15 is 0 Å². The van der Waals surface area contributed by atoms with Crippen LogP contribution in [0, 0.1) is 6.92 Å². The zero-order valence-electron chi connectivity index (χ0n) is 9.57. The molecule has 0 spiro atoms. The van der Waals surface area contributed by atoms with Crippen LogP contribution in [-0.2, 0) is 10.9 Å². The number of benzene rings is 1. The summed E-state index contributed by atoms with van der Waals surface area (Å²) < 4.78 is 0. The number of rotatable bonds is 3. The summed E-state index contributed by atoms with van der Waals surface area (Å²) in [6, 6.07) is 7.96. The SMILES string of the molecule is Cc1ccc(C(=O)C[S+]2CCSCC2)cc1. The molecule has 16 heavy (non-hydrogen) atoms. The third kappa shape index (κ3) is 3.29. The Morgan fingerprint density at radius 2 is 1.88 bits per heavy atom. The van der Waals surface area contributed by atoms with Crippen LogP contribution >= 0.6 is 11.8 Å². The smallest absolute Gasteiger partial charge is 0.211 e. The largest absolute Gasteiger partial charge is 0.289 e. The molecule has 2 rings (SSSR count). The summed E-state index contributed by atoms with van der Waals surface area (Å²) in [6.07, 6.45) is 0. The Balaban J connectivity index is 1.94. The highest BCUT2D eigenvalue weighted by atomic mass is 32.2. The molecule has 3 heteroatoms.